The van der Waals surface area contributed by atoms with Crippen molar-refractivity contribution < 1.29 is 14.6 Å². The molecule has 0 saturated heterocycles. The largest absolute Gasteiger partial charge is 0.507 e. The number of rotatable bonds is 3. The van der Waals surface area contributed by atoms with Gasteiger partial charge in [0.2, 0.25) is 0 Å². The summed E-state index contributed by atoms with van der Waals surface area (Å²) in [4.78, 5) is 13.8. The third-order valence-electron chi connectivity index (χ3n) is 2.88. The van der Waals surface area contributed by atoms with E-state index in [0.717, 1.165) is 5.69 Å². The van der Waals surface area contributed by atoms with Crippen molar-refractivity contribution in [3.05, 3.63) is 54.1 Å². The monoisotopic (exact) mass is 257 g/mol. The van der Waals surface area contributed by atoms with Crippen LogP contribution in [0, 0.1) is 0 Å². The van der Waals surface area contributed by atoms with Gasteiger partial charge in [-0.15, -0.1) is 0 Å². The topological polar surface area (TPSA) is 49.8 Å². The highest BCUT2D eigenvalue weighted by atomic mass is 16.5. The Bertz CT molecular complexity index is 581. The van der Waals surface area contributed by atoms with E-state index in [4.69, 9.17) is 4.74 Å². The van der Waals surface area contributed by atoms with Gasteiger partial charge in [-0.05, 0) is 24.3 Å². The molecule has 0 unspecified atom stereocenters. The maximum Gasteiger partial charge on any atom is 0.261 e. The molecule has 1 N–H and O–H groups in total. The maximum atomic E-state index is 12.3. The van der Waals surface area contributed by atoms with Crippen LogP contribution in [-0.4, -0.2) is 25.2 Å². The summed E-state index contributed by atoms with van der Waals surface area (Å²) in [6.45, 7) is 0. The first kappa shape index (κ1) is 13.0. The predicted molar refractivity (Wildman–Crippen MR) is 73.8 cm³/mol. The number of phenolic OH excluding ortho intramolecular Hbond substituents is 1. The van der Waals surface area contributed by atoms with Crippen LogP contribution in [0.3, 0.4) is 0 Å². The van der Waals surface area contributed by atoms with Gasteiger partial charge in [-0.25, -0.2) is 0 Å². The van der Waals surface area contributed by atoms with Crippen LogP contribution in [0.15, 0.2) is 48.5 Å². The number of amides is 1. The number of phenols is 1. The number of aromatic hydroxyl groups is 1. The third-order valence-corrected chi connectivity index (χ3v) is 2.88. The second kappa shape index (κ2) is 5.44. The minimum atomic E-state index is -0.272. The summed E-state index contributed by atoms with van der Waals surface area (Å²) in [6.07, 6.45) is 0. The number of para-hydroxylation sites is 1. The molecule has 98 valence electrons. The predicted octanol–water partition coefficient (Wildman–Crippen LogP) is 2.68. The molecule has 0 bridgehead atoms. The van der Waals surface area contributed by atoms with E-state index in [1.807, 2.05) is 30.3 Å². The summed E-state index contributed by atoms with van der Waals surface area (Å²) in [5.41, 5.74) is 1.01. The van der Waals surface area contributed by atoms with E-state index in [-0.39, 0.29) is 17.2 Å². The van der Waals surface area contributed by atoms with Crippen molar-refractivity contribution in [1.29, 1.82) is 0 Å². The lowest BCUT2D eigenvalue weighted by Gasteiger charge is -2.18. The van der Waals surface area contributed by atoms with Gasteiger partial charge in [-0.3, -0.25) is 4.79 Å². The summed E-state index contributed by atoms with van der Waals surface area (Å²) >= 11 is 0. The number of hydrogen-bond donors (Lipinski definition) is 1. The Hall–Kier alpha value is -2.49. The normalized spacial score (nSPS) is 10.0. The molecule has 0 saturated carbocycles. The highest BCUT2D eigenvalue weighted by Gasteiger charge is 2.17. The number of hydrogen-bond acceptors (Lipinski definition) is 3. The Balaban J connectivity index is 2.29. The molecule has 19 heavy (non-hydrogen) atoms. The molecule has 2 rings (SSSR count). The number of methoxy groups -OCH3 is 1. The smallest absolute Gasteiger partial charge is 0.261 e. The minimum absolute atomic E-state index is 0.0906. The zero-order valence-corrected chi connectivity index (χ0v) is 10.8. The first-order valence-corrected chi connectivity index (χ1v) is 5.83. The summed E-state index contributed by atoms with van der Waals surface area (Å²) < 4.78 is 4.99. The lowest BCUT2D eigenvalue weighted by atomic mass is 10.1. The second-order valence-corrected chi connectivity index (χ2v) is 4.08. The van der Waals surface area contributed by atoms with Crippen molar-refractivity contribution in [2.45, 2.75) is 0 Å². The summed E-state index contributed by atoms with van der Waals surface area (Å²) in [5.74, 6) is 0.148. The standard InChI is InChI=1S/C15H15NO3/c1-16(11-6-4-3-5-7-11)15(18)13-9-8-12(19-2)10-14(13)17/h3-10,17H,1-2H3. The zero-order chi connectivity index (χ0) is 13.8. The van der Waals surface area contributed by atoms with Gasteiger partial charge in [0, 0.05) is 18.8 Å². The minimum Gasteiger partial charge on any atom is -0.507 e. The average Bonchev–Trinajstić information content (AvgIpc) is 2.46. The molecule has 4 heteroatoms. The van der Waals surface area contributed by atoms with Crippen LogP contribution < -0.4 is 9.64 Å². The molecule has 0 aliphatic rings. The van der Waals surface area contributed by atoms with Gasteiger partial charge >= 0.3 is 0 Å². The van der Waals surface area contributed by atoms with E-state index in [1.165, 1.54) is 18.1 Å². The molecule has 1 amide bonds. The Labute approximate surface area is 111 Å². The second-order valence-electron chi connectivity index (χ2n) is 4.08. The lowest BCUT2D eigenvalue weighted by Crippen LogP contribution is -2.26. The van der Waals surface area contributed by atoms with E-state index in [1.54, 1.807) is 19.2 Å². The van der Waals surface area contributed by atoms with E-state index in [2.05, 4.69) is 0 Å². The first-order chi connectivity index (χ1) is 9.13. The van der Waals surface area contributed by atoms with E-state index >= 15 is 0 Å². The quantitative estimate of drug-likeness (QED) is 0.919. The Morgan fingerprint density at radius 3 is 2.42 bits per heavy atom. The Morgan fingerprint density at radius 1 is 1.16 bits per heavy atom. The number of benzene rings is 2. The molecule has 0 spiro atoms. The number of ether oxygens (including phenoxy) is 1. The van der Waals surface area contributed by atoms with Crippen LogP contribution in [0.5, 0.6) is 11.5 Å². The molecule has 0 aromatic heterocycles. The Morgan fingerprint density at radius 2 is 1.84 bits per heavy atom. The maximum absolute atomic E-state index is 12.3. The fourth-order valence-electron chi connectivity index (χ4n) is 1.77. The number of nitrogens with zero attached hydrogens (tertiary/aromatic N) is 1. The SMILES string of the molecule is COc1ccc(C(=O)N(C)c2ccccc2)c(O)c1. The van der Waals surface area contributed by atoms with Crippen molar-refractivity contribution in [1.82, 2.24) is 0 Å². The average molecular weight is 257 g/mol. The molecule has 2 aromatic carbocycles. The lowest BCUT2D eigenvalue weighted by molar-refractivity contribution is 0.0990. The molecule has 0 atom stereocenters. The number of carbonyl (C=O) groups excluding carboxylic acids is 1. The highest BCUT2D eigenvalue weighted by molar-refractivity contribution is 6.07. The van der Waals surface area contributed by atoms with Crippen LogP contribution in [-0.2, 0) is 0 Å². The van der Waals surface area contributed by atoms with Crippen molar-refractivity contribution >= 4 is 11.6 Å². The number of carbonyl (C=O) groups is 1. The van der Waals surface area contributed by atoms with E-state index in [0.29, 0.717) is 5.75 Å². The zero-order valence-electron chi connectivity index (χ0n) is 10.8. The molecule has 0 aliphatic heterocycles. The van der Waals surface area contributed by atoms with Gasteiger partial charge in [-0.2, -0.15) is 0 Å². The molecule has 4 nitrogen and oxygen atoms in total. The fourth-order valence-corrected chi connectivity index (χ4v) is 1.77. The molecule has 0 aliphatic carbocycles. The summed E-state index contributed by atoms with van der Waals surface area (Å²) in [6, 6.07) is 13.9. The van der Waals surface area contributed by atoms with Gasteiger partial charge in [0.15, 0.2) is 0 Å². The van der Waals surface area contributed by atoms with Crippen LogP contribution >= 0.6 is 0 Å². The van der Waals surface area contributed by atoms with Crippen LogP contribution in [0.2, 0.25) is 0 Å². The van der Waals surface area contributed by atoms with Gasteiger partial charge in [0.25, 0.3) is 5.91 Å². The fraction of sp³-hybridized carbons (Fsp3) is 0.133. The van der Waals surface area contributed by atoms with Crippen LogP contribution in [0.25, 0.3) is 0 Å². The van der Waals surface area contributed by atoms with E-state index < -0.39 is 0 Å². The first-order valence-electron chi connectivity index (χ1n) is 5.83. The summed E-state index contributed by atoms with van der Waals surface area (Å²) in [5, 5.41) is 9.86. The molecular formula is C15H15NO3. The third kappa shape index (κ3) is 2.68. The van der Waals surface area contributed by atoms with Gasteiger partial charge in [0.05, 0.1) is 12.7 Å². The van der Waals surface area contributed by atoms with Crippen LogP contribution in [0.4, 0.5) is 5.69 Å². The van der Waals surface area contributed by atoms with Gasteiger partial charge in [0.1, 0.15) is 11.5 Å². The van der Waals surface area contributed by atoms with Crippen molar-refractivity contribution in [3.63, 3.8) is 0 Å². The van der Waals surface area contributed by atoms with E-state index in [9.17, 15) is 9.90 Å². The molecular weight excluding hydrogens is 242 g/mol. The van der Waals surface area contributed by atoms with Crippen molar-refractivity contribution in [3.8, 4) is 11.5 Å². The van der Waals surface area contributed by atoms with Gasteiger partial charge in [-0.1, -0.05) is 18.2 Å². The Kier molecular flexibility index (Phi) is 3.71. The number of anilines is 1. The molecule has 2 aromatic rings. The highest BCUT2D eigenvalue weighted by Crippen LogP contribution is 2.25. The van der Waals surface area contributed by atoms with Crippen LogP contribution in [0.1, 0.15) is 10.4 Å². The van der Waals surface area contributed by atoms with Crippen molar-refractivity contribution in [2.75, 3.05) is 19.1 Å². The van der Waals surface area contributed by atoms with Crippen molar-refractivity contribution in [2.24, 2.45) is 0 Å². The molecule has 0 fully saturated rings. The van der Waals surface area contributed by atoms with Gasteiger partial charge < -0.3 is 14.7 Å². The molecule has 0 heterocycles. The molecule has 0 radical (unpaired) electrons. The summed E-state index contributed by atoms with van der Waals surface area (Å²) in [7, 11) is 3.17.